The second-order valence-corrected chi connectivity index (χ2v) is 6.54. The van der Waals surface area contributed by atoms with Crippen LogP contribution < -0.4 is 4.74 Å². The van der Waals surface area contributed by atoms with Crippen LogP contribution in [0, 0.1) is 10.1 Å². The lowest BCUT2D eigenvalue weighted by Crippen LogP contribution is -2.11. The summed E-state index contributed by atoms with van der Waals surface area (Å²) in [6.07, 6.45) is 5.70. The molecule has 0 fully saturated rings. The fraction of sp³-hybridized carbons (Fsp3) is 0.278. The van der Waals surface area contributed by atoms with Gasteiger partial charge in [-0.25, -0.2) is 0 Å². The molecule has 0 N–H and O–H groups in total. The normalized spacial score (nSPS) is 13.6. The zero-order valence-corrected chi connectivity index (χ0v) is 14.2. The van der Waals surface area contributed by atoms with Crippen LogP contribution >= 0.6 is 11.3 Å². The van der Waals surface area contributed by atoms with Gasteiger partial charge in [0.15, 0.2) is 0 Å². The van der Waals surface area contributed by atoms with Crippen LogP contribution in [0.1, 0.15) is 29.3 Å². The molecule has 0 aliphatic carbocycles. The van der Waals surface area contributed by atoms with E-state index in [4.69, 9.17) is 4.74 Å². The highest BCUT2D eigenvalue weighted by atomic mass is 32.1. The monoisotopic (exact) mass is 342 g/mol. The Balaban J connectivity index is 1.79. The molecule has 0 unspecified atom stereocenters. The van der Waals surface area contributed by atoms with Crippen molar-refractivity contribution >= 4 is 28.1 Å². The standard InChI is InChI=1S/C18H18N2O3S/c1-2-11-23-14-3-6-16-13(12-14)9-10-19-17(16)7-4-15-5-8-18(24-15)20(21)22/h3-8,12H,2,9-11H2,1H3. The maximum Gasteiger partial charge on any atom is 0.324 e. The fourth-order valence-corrected chi connectivity index (χ4v) is 3.28. The number of benzene rings is 1. The van der Waals surface area contributed by atoms with Gasteiger partial charge in [0.2, 0.25) is 0 Å². The highest BCUT2D eigenvalue weighted by Crippen LogP contribution is 2.26. The zero-order valence-electron chi connectivity index (χ0n) is 13.4. The molecule has 0 radical (unpaired) electrons. The molecule has 0 atom stereocenters. The SMILES string of the molecule is CCCOc1ccc2c(c1)CCN=C2C=Cc1ccc([N+](=O)[O-])s1. The lowest BCUT2D eigenvalue weighted by atomic mass is 9.97. The number of allylic oxidation sites excluding steroid dienone is 1. The number of hydrogen-bond donors (Lipinski definition) is 0. The van der Waals surface area contributed by atoms with Gasteiger partial charge in [0, 0.05) is 23.1 Å². The topological polar surface area (TPSA) is 64.7 Å². The van der Waals surface area contributed by atoms with Gasteiger partial charge in [-0.2, -0.15) is 0 Å². The van der Waals surface area contributed by atoms with Gasteiger partial charge in [-0.3, -0.25) is 15.1 Å². The van der Waals surface area contributed by atoms with Gasteiger partial charge >= 0.3 is 5.00 Å². The lowest BCUT2D eigenvalue weighted by Gasteiger charge is -2.16. The third kappa shape index (κ3) is 3.71. The van der Waals surface area contributed by atoms with Crippen molar-refractivity contribution < 1.29 is 9.66 Å². The van der Waals surface area contributed by atoms with Gasteiger partial charge in [-0.1, -0.05) is 18.3 Å². The summed E-state index contributed by atoms with van der Waals surface area (Å²) in [5, 5.41) is 10.9. The van der Waals surface area contributed by atoms with E-state index in [1.54, 1.807) is 6.07 Å². The molecule has 2 aromatic rings. The van der Waals surface area contributed by atoms with Crippen LogP contribution in [0.5, 0.6) is 5.75 Å². The third-order valence-electron chi connectivity index (χ3n) is 3.69. The number of nitrogens with zero attached hydrogens (tertiary/aromatic N) is 2. The van der Waals surface area contributed by atoms with E-state index in [0.717, 1.165) is 59.2 Å². The number of aliphatic imine (C=N–C) groups is 1. The molecule has 0 amide bonds. The minimum atomic E-state index is -0.368. The first kappa shape index (κ1) is 16.4. The van der Waals surface area contributed by atoms with Crippen LogP contribution in [0.15, 0.2) is 41.4 Å². The Bertz CT molecular complexity index is 808. The predicted octanol–water partition coefficient (Wildman–Crippen LogP) is 4.50. The van der Waals surface area contributed by atoms with E-state index in [9.17, 15) is 10.1 Å². The van der Waals surface area contributed by atoms with Gasteiger partial charge in [0.1, 0.15) is 5.75 Å². The fourth-order valence-electron chi connectivity index (χ4n) is 2.55. The molecule has 5 nitrogen and oxygen atoms in total. The Morgan fingerprint density at radius 3 is 2.96 bits per heavy atom. The molecule has 0 spiro atoms. The van der Waals surface area contributed by atoms with Gasteiger partial charge in [-0.15, -0.1) is 0 Å². The maximum atomic E-state index is 10.7. The summed E-state index contributed by atoms with van der Waals surface area (Å²) in [5.41, 5.74) is 3.25. The third-order valence-corrected chi connectivity index (χ3v) is 4.69. The summed E-state index contributed by atoms with van der Waals surface area (Å²) in [7, 11) is 0. The average Bonchev–Trinajstić information content (AvgIpc) is 3.07. The first-order valence-electron chi connectivity index (χ1n) is 7.90. The summed E-state index contributed by atoms with van der Waals surface area (Å²) < 4.78 is 5.69. The van der Waals surface area contributed by atoms with Crippen molar-refractivity contribution in [2.75, 3.05) is 13.2 Å². The molecule has 0 bridgehead atoms. The van der Waals surface area contributed by atoms with Gasteiger partial charge < -0.3 is 4.74 Å². The minimum absolute atomic E-state index is 0.151. The minimum Gasteiger partial charge on any atom is -0.494 e. The summed E-state index contributed by atoms with van der Waals surface area (Å²) in [5.74, 6) is 0.898. The van der Waals surface area contributed by atoms with Crippen LogP contribution in [0.3, 0.4) is 0 Å². The lowest BCUT2D eigenvalue weighted by molar-refractivity contribution is -0.380. The zero-order chi connectivity index (χ0) is 16.9. The van der Waals surface area contributed by atoms with E-state index in [1.807, 2.05) is 24.3 Å². The first-order chi connectivity index (χ1) is 11.7. The Morgan fingerprint density at radius 1 is 1.33 bits per heavy atom. The van der Waals surface area contributed by atoms with Crippen LogP contribution in [0.2, 0.25) is 0 Å². The van der Waals surface area contributed by atoms with Crippen molar-refractivity contribution in [3.8, 4) is 5.75 Å². The average molecular weight is 342 g/mol. The molecule has 2 heterocycles. The molecule has 1 aromatic carbocycles. The van der Waals surface area contributed by atoms with Crippen LogP contribution in [0.4, 0.5) is 5.00 Å². The Hall–Kier alpha value is -2.47. The summed E-state index contributed by atoms with van der Waals surface area (Å²) in [4.78, 5) is 15.8. The van der Waals surface area contributed by atoms with Crippen molar-refractivity contribution in [1.29, 1.82) is 0 Å². The Kier molecular flexibility index (Phi) is 5.05. The molecule has 1 aliphatic rings. The van der Waals surface area contributed by atoms with Crippen molar-refractivity contribution in [2.45, 2.75) is 19.8 Å². The highest BCUT2D eigenvalue weighted by Gasteiger charge is 2.13. The van der Waals surface area contributed by atoms with Crippen LogP contribution in [0.25, 0.3) is 6.08 Å². The van der Waals surface area contributed by atoms with Crippen LogP contribution in [-0.4, -0.2) is 23.8 Å². The number of thiophene rings is 1. The summed E-state index contributed by atoms with van der Waals surface area (Å²) >= 11 is 1.16. The van der Waals surface area contributed by atoms with Gasteiger partial charge in [0.05, 0.1) is 17.2 Å². The summed E-state index contributed by atoms with van der Waals surface area (Å²) in [6.45, 7) is 3.55. The number of rotatable bonds is 6. The van der Waals surface area contributed by atoms with E-state index in [-0.39, 0.29) is 9.92 Å². The molecule has 6 heteroatoms. The van der Waals surface area contributed by atoms with Crippen LogP contribution in [-0.2, 0) is 6.42 Å². The smallest absolute Gasteiger partial charge is 0.324 e. The first-order valence-corrected chi connectivity index (χ1v) is 8.72. The van der Waals surface area contributed by atoms with Gasteiger partial charge in [-0.05, 0) is 54.8 Å². The van der Waals surface area contributed by atoms with Crippen molar-refractivity contribution in [1.82, 2.24) is 0 Å². The van der Waals surface area contributed by atoms with Crippen molar-refractivity contribution in [3.63, 3.8) is 0 Å². The second-order valence-electron chi connectivity index (χ2n) is 5.45. The van der Waals surface area contributed by atoms with E-state index in [1.165, 1.54) is 11.6 Å². The Morgan fingerprint density at radius 2 is 2.21 bits per heavy atom. The number of ether oxygens (including phenoxy) is 1. The highest BCUT2D eigenvalue weighted by molar-refractivity contribution is 7.16. The predicted molar refractivity (Wildman–Crippen MR) is 97.3 cm³/mol. The number of nitro groups is 1. The summed E-state index contributed by atoms with van der Waals surface area (Å²) in [6, 6.07) is 9.38. The largest absolute Gasteiger partial charge is 0.494 e. The molecule has 0 saturated carbocycles. The second kappa shape index (κ2) is 7.40. The molecular formula is C18H18N2O3S. The van der Waals surface area contributed by atoms with Crippen molar-refractivity contribution in [2.24, 2.45) is 4.99 Å². The van der Waals surface area contributed by atoms with Gasteiger partial charge in [0.25, 0.3) is 0 Å². The van der Waals surface area contributed by atoms with E-state index >= 15 is 0 Å². The quantitative estimate of drug-likeness (QED) is 0.573. The van der Waals surface area contributed by atoms with E-state index in [0.29, 0.717) is 0 Å². The molecule has 1 aromatic heterocycles. The Labute approximate surface area is 144 Å². The molecule has 124 valence electrons. The molecule has 3 rings (SSSR count). The van der Waals surface area contributed by atoms with E-state index in [2.05, 4.69) is 18.0 Å². The molecule has 24 heavy (non-hydrogen) atoms. The molecular weight excluding hydrogens is 324 g/mol. The molecule has 0 saturated heterocycles. The maximum absolute atomic E-state index is 10.7. The van der Waals surface area contributed by atoms with E-state index < -0.39 is 0 Å². The number of fused-ring (bicyclic) bond motifs is 1. The molecule has 1 aliphatic heterocycles. The number of hydrogen-bond acceptors (Lipinski definition) is 5. The van der Waals surface area contributed by atoms with Crippen molar-refractivity contribution in [3.05, 3.63) is 62.5 Å².